The van der Waals surface area contributed by atoms with Gasteiger partial charge >= 0.3 is 17.9 Å². The van der Waals surface area contributed by atoms with Gasteiger partial charge in [-0.2, -0.15) is 0 Å². The summed E-state index contributed by atoms with van der Waals surface area (Å²) in [4.78, 5) is 38.2. The fraction of sp³-hybridized carbons (Fsp3) is 0.742. The molecule has 1 unspecified atom stereocenters. The molecule has 0 rings (SSSR count). The van der Waals surface area contributed by atoms with Crippen LogP contribution in [0, 0.1) is 0 Å². The molecule has 72 heavy (non-hydrogen) atoms. The predicted octanol–water partition coefficient (Wildman–Crippen LogP) is 20.7. The van der Waals surface area contributed by atoms with Gasteiger partial charge in [0.05, 0.1) is 0 Å². The van der Waals surface area contributed by atoms with E-state index in [1.165, 1.54) is 141 Å². The van der Waals surface area contributed by atoms with Gasteiger partial charge in [0.15, 0.2) is 6.10 Å². The van der Waals surface area contributed by atoms with Crippen molar-refractivity contribution in [3.8, 4) is 0 Å². The third-order valence-electron chi connectivity index (χ3n) is 13.1. The van der Waals surface area contributed by atoms with Gasteiger partial charge in [-0.15, -0.1) is 0 Å². The molecule has 0 N–H and O–H groups in total. The maximum absolute atomic E-state index is 12.9. The lowest BCUT2D eigenvalue weighted by Gasteiger charge is -2.18. The van der Waals surface area contributed by atoms with Crippen LogP contribution >= 0.6 is 0 Å². The Labute approximate surface area is 445 Å². The third kappa shape index (κ3) is 57.5. The van der Waals surface area contributed by atoms with Gasteiger partial charge in [-0.3, -0.25) is 14.4 Å². The van der Waals surface area contributed by atoms with Crippen LogP contribution in [-0.2, 0) is 28.6 Å². The van der Waals surface area contributed by atoms with Crippen molar-refractivity contribution in [2.75, 3.05) is 13.2 Å². The molecule has 0 aliphatic carbocycles. The first-order valence-corrected chi connectivity index (χ1v) is 30.6. The Morgan fingerprint density at radius 1 is 0.292 bits per heavy atom. The topological polar surface area (TPSA) is 78.9 Å². The average Bonchev–Trinajstić information content (AvgIpc) is 3.38. The van der Waals surface area contributed by atoms with Gasteiger partial charge in [-0.25, -0.2) is 0 Å². The lowest BCUT2D eigenvalue weighted by Crippen LogP contribution is -2.30. The summed E-state index contributed by atoms with van der Waals surface area (Å²) in [7, 11) is 0. The summed E-state index contributed by atoms with van der Waals surface area (Å²) in [5.41, 5.74) is 0. The molecular weight excluding hydrogens is 889 g/mol. The minimum absolute atomic E-state index is 0.0874. The Hall–Kier alpha value is -3.41. The van der Waals surface area contributed by atoms with Gasteiger partial charge < -0.3 is 14.2 Å². The molecule has 0 aromatic rings. The Balaban J connectivity index is 4.37. The molecule has 0 saturated carbocycles. The van der Waals surface area contributed by atoms with Gasteiger partial charge in [-0.05, 0) is 116 Å². The molecule has 0 aliphatic heterocycles. The molecule has 0 aromatic carbocycles. The van der Waals surface area contributed by atoms with Crippen molar-refractivity contribution in [1.82, 2.24) is 0 Å². The smallest absolute Gasteiger partial charge is 0.306 e. The fourth-order valence-electron chi connectivity index (χ4n) is 8.52. The molecular formula is C66H114O6. The highest BCUT2D eigenvalue weighted by atomic mass is 16.6. The van der Waals surface area contributed by atoms with E-state index in [0.29, 0.717) is 19.3 Å². The summed E-state index contributed by atoms with van der Waals surface area (Å²) in [6, 6.07) is 0. The summed E-state index contributed by atoms with van der Waals surface area (Å²) < 4.78 is 16.9. The standard InChI is InChI=1S/C66H114O6/c1-4-7-10-13-16-19-22-25-27-29-31-33-35-37-39-41-44-47-50-53-56-59-65(68)71-62-63(61-70-64(67)58-55-52-49-46-43-24-21-18-15-12-9-6-3)72-66(69)60-57-54-51-48-45-42-40-38-36-34-32-30-28-26-23-20-17-14-11-8-5-2/h7,10,16,18-19,21,25,27,30-33,37,39,63H,4-6,8-9,11-15,17,20,22-24,26,28-29,34-36,38,40-62H2,1-3H3/b10-7-,19-16-,21-18-,27-25-,32-30-,33-31-,39-37-. The average molecular weight is 1000 g/mol. The van der Waals surface area contributed by atoms with E-state index in [2.05, 4.69) is 106 Å². The van der Waals surface area contributed by atoms with Crippen LogP contribution in [-0.4, -0.2) is 37.2 Å². The van der Waals surface area contributed by atoms with Crippen LogP contribution in [0.15, 0.2) is 85.1 Å². The van der Waals surface area contributed by atoms with Crippen molar-refractivity contribution in [2.45, 2.75) is 303 Å². The maximum atomic E-state index is 12.9. The van der Waals surface area contributed by atoms with Gasteiger partial charge in [0.1, 0.15) is 13.2 Å². The Morgan fingerprint density at radius 3 is 0.889 bits per heavy atom. The number of allylic oxidation sites excluding steroid dienone is 14. The molecule has 0 aliphatic rings. The molecule has 0 amide bonds. The first-order chi connectivity index (χ1) is 35.5. The van der Waals surface area contributed by atoms with Crippen LogP contribution in [0.4, 0.5) is 0 Å². The normalized spacial score (nSPS) is 12.7. The second-order valence-corrected chi connectivity index (χ2v) is 20.2. The Bertz CT molecular complexity index is 1380. The minimum atomic E-state index is -0.790. The SMILES string of the molecule is CC/C=C\C/C=C\C/C=C\C/C=C\C/C=C\CCCCCCCC(=O)OCC(COC(=O)CCCCCCC/C=C\CCCCC)OC(=O)CCCCCCCCCCC/C=C\CCCCCCCCCC. The Morgan fingerprint density at radius 2 is 0.542 bits per heavy atom. The van der Waals surface area contributed by atoms with E-state index >= 15 is 0 Å². The molecule has 1 atom stereocenters. The van der Waals surface area contributed by atoms with E-state index < -0.39 is 6.10 Å². The molecule has 6 nitrogen and oxygen atoms in total. The quantitative estimate of drug-likeness (QED) is 0.0261. The molecule has 0 spiro atoms. The maximum Gasteiger partial charge on any atom is 0.306 e. The lowest BCUT2D eigenvalue weighted by molar-refractivity contribution is -0.167. The van der Waals surface area contributed by atoms with Gasteiger partial charge in [0, 0.05) is 19.3 Å². The number of ether oxygens (including phenoxy) is 3. The van der Waals surface area contributed by atoms with E-state index in [4.69, 9.17) is 14.2 Å². The van der Waals surface area contributed by atoms with Crippen LogP contribution in [0.2, 0.25) is 0 Å². The number of carbonyl (C=O) groups is 3. The van der Waals surface area contributed by atoms with E-state index in [-0.39, 0.29) is 31.1 Å². The van der Waals surface area contributed by atoms with Crippen molar-refractivity contribution in [3.05, 3.63) is 85.1 Å². The van der Waals surface area contributed by atoms with Crippen LogP contribution < -0.4 is 0 Å². The molecule has 0 aromatic heterocycles. The van der Waals surface area contributed by atoms with E-state index in [1.54, 1.807) is 0 Å². The number of carbonyl (C=O) groups excluding carboxylic acids is 3. The summed E-state index contributed by atoms with van der Waals surface area (Å²) in [6.45, 7) is 6.50. The number of hydrogen-bond donors (Lipinski definition) is 0. The van der Waals surface area contributed by atoms with Crippen LogP contribution in [0.3, 0.4) is 0 Å². The zero-order chi connectivity index (χ0) is 52.2. The summed E-state index contributed by atoms with van der Waals surface area (Å²) in [5.74, 6) is -0.909. The zero-order valence-electron chi connectivity index (χ0n) is 47.4. The van der Waals surface area contributed by atoms with Crippen molar-refractivity contribution < 1.29 is 28.6 Å². The first-order valence-electron chi connectivity index (χ1n) is 30.6. The predicted molar refractivity (Wildman–Crippen MR) is 311 cm³/mol. The minimum Gasteiger partial charge on any atom is -0.462 e. The van der Waals surface area contributed by atoms with Crippen LogP contribution in [0.1, 0.15) is 297 Å². The summed E-state index contributed by atoms with van der Waals surface area (Å²) in [6.07, 6.45) is 78.6. The lowest BCUT2D eigenvalue weighted by atomic mass is 10.1. The first kappa shape index (κ1) is 68.6. The largest absolute Gasteiger partial charge is 0.462 e. The molecule has 0 bridgehead atoms. The number of rotatable bonds is 55. The van der Waals surface area contributed by atoms with E-state index in [0.717, 1.165) is 116 Å². The molecule has 0 saturated heterocycles. The van der Waals surface area contributed by atoms with Gasteiger partial charge in [-0.1, -0.05) is 247 Å². The van der Waals surface area contributed by atoms with E-state index in [1.807, 2.05) is 0 Å². The Kier molecular flexibility index (Phi) is 57.3. The summed E-state index contributed by atoms with van der Waals surface area (Å²) in [5, 5.41) is 0. The molecule has 0 heterocycles. The van der Waals surface area contributed by atoms with Crippen molar-refractivity contribution in [3.63, 3.8) is 0 Å². The molecule has 0 radical (unpaired) electrons. The van der Waals surface area contributed by atoms with Crippen molar-refractivity contribution >= 4 is 17.9 Å². The monoisotopic (exact) mass is 1000 g/mol. The second-order valence-electron chi connectivity index (χ2n) is 20.2. The van der Waals surface area contributed by atoms with Crippen molar-refractivity contribution in [2.24, 2.45) is 0 Å². The third-order valence-corrected chi connectivity index (χ3v) is 13.1. The highest BCUT2D eigenvalue weighted by Gasteiger charge is 2.19. The zero-order valence-corrected chi connectivity index (χ0v) is 47.4. The number of hydrogen-bond acceptors (Lipinski definition) is 6. The molecule has 414 valence electrons. The second kappa shape index (κ2) is 60.1. The van der Waals surface area contributed by atoms with Gasteiger partial charge in [0.25, 0.3) is 0 Å². The fourth-order valence-corrected chi connectivity index (χ4v) is 8.52. The van der Waals surface area contributed by atoms with Crippen LogP contribution in [0.5, 0.6) is 0 Å². The highest BCUT2D eigenvalue weighted by Crippen LogP contribution is 2.15. The van der Waals surface area contributed by atoms with Gasteiger partial charge in [0.2, 0.25) is 0 Å². The number of unbranched alkanes of at least 4 members (excludes halogenated alkanes) is 30. The summed E-state index contributed by atoms with van der Waals surface area (Å²) >= 11 is 0. The number of esters is 3. The molecule has 6 heteroatoms. The van der Waals surface area contributed by atoms with Crippen LogP contribution in [0.25, 0.3) is 0 Å². The highest BCUT2D eigenvalue weighted by molar-refractivity contribution is 5.71. The van der Waals surface area contributed by atoms with Crippen molar-refractivity contribution in [1.29, 1.82) is 0 Å². The van der Waals surface area contributed by atoms with E-state index in [9.17, 15) is 14.4 Å². The molecule has 0 fully saturated rings.